The van der Waals surface area contributed by atoms with Crippen LogP contribution in [0.1, 0.15) is 26.9 Å². The van der Waals surface area contributed by atoms with Crippen LogP contribution in [0.5, 0.6) is 0 Å². The molecule has 1 unspecified atom stereocenters. The summed E-state index contributed by atoms with van der Waals surface area (Å²) in [6.45, 7) is 0. The Balaban J connectivity index is 2.44. The van der Waals surface area contributed by atoms with Crippen molar-refractivity contribution in [3.63, 3.8) is 0 Å². The SMILES string of the molecule is O=C(O)c1ccsc1C(O)c1ccccc1Cl. The van der Waals surface area contributed by atoms with Crippen molar-refractivity contribution in [2.45, 2.75) is 6.10 Å². The van der Waals surface area contributed by atoms with Crippen LogP contribution in [0.2, 0.25) is 5.02 Å². The van der Waals surface area contributed by atoms with Gasteiger partial charge in [-0.25, -0.2) is 4.79 Å². The summed E-state index contributed by atoms with van der Waals surface area (Å²) in [4.78, 5) is 11.4. The molecular formula is C12H9ClO3S. The monoisotopic (exact) mass is 268 g/mol. The zero-order valence-corrected chi connectivity index (χ0v) is 10.2. The van der Waals surface area contributed by atoms with Crippen LogP contribution in [-0.4, -0.2) is 16.2 Å². The third-order valence-corrected chi connectivity index (χ3v) is 3.69. The Hall–Kier alpha value is -1.36. The van der Waals surface area contributed by atoms with Gasteiger partial charge in [-0.3, -0.25) is 0 Å². The molecule has 17 heavy (non-hydrogen) atoms. The smallest absolute Gasteiger partial charge is 0.336 e. The van der Waals surface area contributed by atoms with Crippen molar-refractivity contribution in [2.75, 3.05) is 0 Å². The number of hydrogen-bond donors (Lipinski definition) is 2. The Morgan fingerprint density at radius 1 is 1.29 bits per heavy atom. The van der Waals surface area contributed by atoms with Crippen LogP contribution in [0.25, 0.3) is 0 Å². The molecule has 1 heterocycles. The Kier molecular flexibility index (Phi) is 3.47. The average Bonchev–Trinajstić information content (AvgIpc) is 2.77. The van der Waals surface area contributed by atoms with Crippen LogP contribution in [0.15, 0.2) is 35.7 Å². The Bertz CT molecular complexity index is 550. The standard InChI is InChI=1S/C12H9ClO3S/c13-9-4-2-1-3-7(9)10(14)11-8(12(15)16)5-6-17-11/h1-6,10,14H,(H,15,16). The van der Waals surface area contributed by atoms with E-state index >= 15 is 0 Å². The van der Waals surface area contributed by atoms with Gasteiger partial charge in [0, 0.05) is 10.6 Å². The maximum Gasteiger partial charge on any atom is 0.336 e. The summed E-state index contributed by atoms with van der Waals surface area (Å²) in [7, 11) is 0. The predicted molar refractivity (Wildman–Crippen MR) is 66.8 cm³/mol. The van der Waals surface area contributed by atoms with E-state index in [9.17, 15) is 9.90 Å². The third kappa shape index (κ3) is 2.34. The van der Waals surface area contributed by atoms with E-state index in [0.717, 1.165) is 0 Å². The quantitative estimate of drug-likeness (QED) is 0.899. The van der Waals surface area contributed by atoms with Crippen LogP contribution < -0.4 is 0 Å². The van der Waals surface area contributed by atoms with E-state index < -0.39 is 12.1 Å². The van der Waals surface area contributed by atoms with E-state index in [1.807, 2.05) is 0 Å². The fourth-order valence-corrected chi connectivity index (χ4v) is 2.68. The second kappa shape index (κ2) is 4.87. The Morgan fingerprint density at radius 3 is 2.65 bits per heavy atom. The highest BCUT2D eigenvalue weighted by atomic mass is 35.5. The summed E-state index contributed by atoms with van der Waals surface area (Å²) < 4.78 is 0. The van der Waals surface area contributed by atoms with Crippen LogP contribution in [0, 0.1) is 0 Å². The summed E-state index contributed by atoms with van der Waals surface area (Å²) in [6, 6.07) is 8.32. The van der Waals surface area contributed by atoms with Crippen LogP contribution in [0.3, 0.4) is 0 Å². The molecule has 2 N–H and O–H groups in total. The van der Waals surface area contributed by atoms with Gasteiger partial charge in [0.1, 0.15) is 6.10 Å². The van der Waals surface area contributed by atoms with E-state index in [0.29, 0.717) is 15.5 Å². The van der Waals surface area contributed by atoms with Crippen molar-refractivity contribution >= 4 is 28.9 Å². The third-order valence-electron chi connectivity index (χ3n) is 2.37. The van der Waals surface area contributed by atoms with Crippen molar-refractivity contribution in [1.82, 2.24) is 0 Å². The lowest BCUT2D eigenvalue weighted by molar-refractivity contribution is 0.0692. The first-order valence-electron chi connectivity index (χ1n) is 4.84. The molecule has 2 rings (SSSR count). The van der Waals surface area contributed by atoms with Crippen molar-refractivity contribution in [2.24, 2.45) is 0 Å². The zero-order chi connectivity index (χ0) is 12.4. The molecule has 1 aromatic heterocycles. The Labute approximate surface area is 107 Å². The molecule has 0 amide bonds. The van der Waals surface area contributed by atoms with Gasteiger partial charge in [-0.1, -0.05) is 29.8 Å². The van der Waals surface area contributed by atoms with Gasteiger partial charge in [0.15, 0.2) is 0 Å². The number of aromatic carboxylic acids is 1. The number of thiophene rings is 1. The van der Waals surface area contributed by atoms with Gasteiger partial charge in [0.2, 0.25) is 0 Å². The van der Waals surface area contributed by atoms with E-state index in [1.165, 1.54) is 17.4 Å². The molecule has 2 aromatic rings. The van der Waals surface area contributed by atoms with Gasteiger partial charge in [-0.05, 0) is 17.5 Å². The van der Waals surface area contributed by atoms with E-state index in [-0.39, 0.29) is 5.56 Å². The molecule has 0 aliphatic rings. The molecule has 5 heteroatoms. The minimum atomic E-state index is -1.05. The lowest BCUT2D eigenvalue weighted by Crippen LogP contribution is -2.05. The fourth-order valence-electron chi connectivity index (χ4n) is 1.55. The molecule has 0 aliphatic heterocycles. The first-order valence-corrected chi connectivity index (χ1v) is 6.10. The number of carboxylic acid groups (broad SMARTS) is 1. The highest BCUT2D eigenvalue weighted by molar-refractivity contribution is 7.10. The highest BCUT2D eigenvalue weighted by Crippen LogP contribution is 2.33. The molecule has 0 spiro atoms. The van der Waals surface area contributed by atoms with Gasteiger partial charge in [-0.15, -0.1) is 11.3 Å². The maximum absolute atomic E-state index is 11.0. The van der Waals surface area contributed by atoms with E-state index in [4.69, 9.17) is 16.7 Å². The number of halogens is 1. The molecule has 0 bridgehead atoms. The number of aliphatic hydroxyl groups excluding tert-OH is 1. The topological polar surface area (TPSA) is 57.5 Å². The largest absolute Gasteiger partial charge is 0.478 e. The molecule has 3 nitrogen and oxygen atoms in total. The number of benzene rings is 1. The number of carboxylic acids is 1. The van der Waals surface area contributed by atoms with Crippen molar-refractivity contribution in [3.8, 4) is 0 Å². The fraction of sp³-hybridized carbons (Fsp3) is 0.0833. The first-order chi connectivity index (χ1) is 8.11. The number of hydrogen-bond acceptors (Lipinski definition) is 3. The minimum absolute atomic E-state index is 0.113. The summed E-state index contributed by atoms with van der Waals surface area (Å²) in [5.41, 5.74) is 0.626. The minimum Gasteiger partial charge on any atom is -0.478 e. The van der Waals surface area contributed by atoms with E-state index in [1.54, 1.807) is 29.6 Å². The predicted octanol–water partition coefficient (Wildman–Crippen LogP) is 3.18. The molecule has 88 valence electrons. The number of aliphatic hydroxyl groups is 1. The van der Waals surface area contributed by atoms with Gasteiger partial charge in [0.05, 0.1) is 10.4 Å². The van der Waals surface area contributed by atoms with Crippen LogP contribution >= 0.6 is 22.9 Å². The Morgan fingerprint density at radius 2 is 2.00 bits per heavy atom. The molecule has 1 atom stereocenters. The highest BCUT2D eigenvalue weighted by Gasteiger charge is 2.21. The van der Waals surface area contributed by atoms with Gasteiger partial charge in [0.25, 0.3) is 0 Å². The summed E-state index contributed by atoms with van der Waals surface area (Å²) in [5.74, 6) is -1.05. The summed E-state index contributed by atoms with van der Waals surface area (Å²) in [6.07, 6.45) is -1.00. The molecule has 0 aliphatic carbocycles. The lowest BCUT2D eigenvalue weighted by atomic mass is 10.1. The molecule has 0 saturated carbocycles. The van der Waals surface area contributed by atoms with Crippen molar-refractivity contribution in [3.05, 3.63) is 56.7 Å². The molecular weight excluding hydrogens is 260 g/mol. The lowest BCUT2D eigenvalue weighted by Gasteiger charge is -2.11. The maximum atomic E-state index is 11.0. The average molecular weight is 269 g/mol. The second-order valence-electron chi connectivity index (χ2n) is 3.43. The molecule has 0 saturated heterocycles. The van der Waals surface area contributed by atoms with Crippen molar-refractivity contribution < 1.29 is 15.0 Å². The van der Waals surface area contributed by atoms with Crippen LogP contribution in [0.4, 0.5) is 0 Å². The molecule has 0 radical (unpaired) electrons. The van der Waals surface area contributed by atoms with E-state index in [2.05, 4.69) is 0 Å². The molecule has 1 aromatic carbocycles. The number of carbonyl (C=O) groups is 1. The van der Waals surface area contributed by atoms with Crippen molar-refractivity contribution in [1.29, 1.82) is 0 Å². The number of rotatable bonds is 3. The summed E-state index contributed by atoms with van der Waals surface area (Å²) >= 11 is 7.17. The van der Waals surface area contributed by atoms with Crippen LogP contribution in [-0.2, 0) is 0 Å². The van der Waals surface area contributed by atoms with Gasteiger partial charge >= 0.3 is 5.97 Å². The van der Waals surface area contributed by atoms with Gasteiger partial charge in [-0.2, -0.15) is 0 Å². The first kappa shape index (κ1) is 12.1. The van der Waals surface area contributed by atoms with Gasteiger partial charge < -0.3 is 10.2 Å². The zero-order valence-electron chi connectivity index (χ0n) is 8.63. The second-order valence-corrected chi connectivity index (χ2v) is 4.78. The normalized spacial score (nSPS) is 12.4. The summed E-state index contributed by atoms with van der Waals surface area (Å²) in [5, 5.41) is 21.2. The molecule has 0 fully saturated rings.